The Kier molecular flexibility index (Phi) is 6.33. The van der Waals surface area contributed by atoms with Crippen LogP contribution in [0, 0.1) is 23.4 Å². The Morgan fingerprint density at radius 1 is 1.33 bits per heavy atom. The Labute approximate surface area is 171 Å². The molecule has 1 aliphatic rings. The van der Waals surface area contributed by atoms with Crippen LogP contribution in [0.3, 0.4) is 0 Å². The van der Waals surface area contributed by atoms with Crippen molar-refractivity contribution in [2.45, 2.75) is 38.8 Å². The number of methoxy groups -OCH3 is 1. The Bertz CT molecular complexity index is 949. The second kappa shape index (κ2) is 8.76. The fourth-order valence-electron chi connectivity index (χ4n) is 3.57. The highest BCUT2D eigenvalue weighted by atomic mass is 19.2. The minimum Gasteiger partial charge on any atom is -0.467 e. The average molecular weight is 424 g/mol. The molecule has 0 saturated heterocycles. The van der Waals surface area contributed by atoms with Gasteiger partial charge in [0.1, 0.15) is 12.1 Å². The van der Waals surface area contributed by atoms with Crippen LogP contribution in [-0.4, -0.2) is 46.6 Å². The number of ether oxygens (including phenoxy) is 1. The minimum absolute atomic E-state index is 0.151. The van der Waals surface area contributed by atoms with Gasteiger partial charge in [-0.2, -0.15) is 0 Å². The van der Waals surface area contributed by atoms with Crippen LogP contribution in [0.4, 0.5) is 18.0 Å². The Morgan fingerprint density at radius 3 is 2.73 bits per heavy atom. The molecule has 2 heterocycles. The van der Waals surface area contributed by atoms with Gasteiger partial charge in [-0.15, -0.1) is 0 Å². The summed E-state index contributed by atoms with van der Waals surface area (Å²) in [5, 5.41) is 2.64. The number of aromatic amines is 1. The zero-order valence-electron chi connectivity index (χ0n) is 16.8. The van der Waals surface area contributed by atoms with Crippen molar-refractivity contribution >= 4 is 12.0 Å². The highest BCUT2D eigenvalue weighted by molar-refractivity contribution is 5.84. The second-order valence-electron chi connectivity index (χ2n) is 7.21. The number of carbonyl (C=O) groups excluding carboxylic acids is 2. The molecule has 0 unspecified atom stereocenters. The number of hydrogen-bond acceptors (Lipinski definition) is 4. The van der Waals surface area contributed by atoms with E-state index in [4.69, 9.17) is 4.74 Å². The van der Waals surface area contributed by atoms with E-state index in [1.54, 1.807) is 6.92 Å². The fraction of sp³-hybridized carbons (Fsp3) is 0.450. The van der Waals surface area contributed by atoms with Gasteiger partial charge in [-0.3, -0.25) is 0 Å². The third kappa shape index (κ3) is 3.86. The van der Waals surface area contributed by atoms with Gasteiger partial charge in [0.25, 0.3) is 0 Å². The summed E-state index contributed by atoms with van der Waals surface area (Å²) < 4.78 is 46.8. The highest BCUT2D eigenvalue weighted by Crippen LogP contribution is 2.35. The number of fused-ring (bicyclic) bond motifs is 1. The van der Waals surface area contributed by atoms with Crippen molar-refractivity contribution in [3.8, 4) is 0 Å². The van der Waals surface area contributed by atoms with Crippen molar-refractivity contribution in [3.63, 3.8) is 0 Å². The number of halogens is 3. The first-order valence-electron chi connectivity index (χ1n) is 9.60. The maximum atomic E-state index is 14.6. The molecule has 2 aromatic rings. The molecule has 1 aromatic carbocycles. The largest absolute Gasteiger partial charge is 0.467 e. The zero-order chi connectivity index (χ0) is 22.0. The van der Waals surface area contributed by atoms with Crippen molar-refractivity contribution in [2.24, 2.45) is 5.92 Å². The van der Waals surface area contributed by atoms with E-state index < -0.39 is 41.5 Å². The van der Waals surface area contributed by atoms with Crippen LogP contribution in [0.25, 0.3) is 0 Å². The number of esters is 1. The van der Waals surface area contributed by atoms with Crippen molar-refractivity contribution < 1.29 is 27.5 Å². The summed E-state index contributed by atoms with van der Waals surface area (Å²) in [6.07, 6.45) is 2.40. The molecule has 162 valence electrons. The minimum atomic E-state index is -1.62. The lowest BCUT2D eigenvalue weighted by atomic mass is 9.95. The van der Waals surface area contributed by atoms with Gasteiger partial charge in [0.15, 0.2) is 17.5 Å². The normalized spacial score (nSPS) is 17.8. The third-order valence-corrected chi connectivity index (χ3v) is 5.49. The molecule has 0 radical (unpaired) electrons. The number of nitrogens with one attached hydrogen (secondary N) is 2. The third-order valence-electron chi connectivity index (χ3n) is 5.49. The van der Waals surface area contributed by atoms with Gasteiger partial charge >= 0.3 is 12.0 Å². The summed E-state index contributed by atoms with van der Waals surface area (Å²) in [6, 6.07) is -0.766. The fourth-order valence-corrected chi connectivity index (χ4v) is 3.57. The van der Waals surface area contributed by atoms with E-state index in [1.807, 2.05) is 6.92 Å². The first-order chi connectivity index (χ1) is 14.3. The molecule has 0 bridgehead atoms. The molecule has 1 aromatic heterocycles. The molecule has 0 aliphatic carbocycles. The van der Waals surface area contributed by atoms with Crippen LogP contribution in [0.5, 0.6) is 0 Å². The lowest BCUT2D eigenvalue weighted by molar-refractivity contribution is -0.144. The zero-order valence-corrected chi connectivity index (χ0v) is 16.8. The van der Waals surface area contributed by atoms with Crippen molar-refractivity contribution in [1.82, 2.24) is 20.2 Å². The van der Waals surface area contributed by atoms with E-state index in [0.29, 0.717) is 24.2 Å². The van der Waals surface area contributed by atoms with Crippen molar-refractivity contribution in [2.75, 3.05) is 13.7 Å². The standard InChI is InChI=1S/C20H23F3N4O3/c1-4-10(2)16(19(28)30-3)26-20(29)27-8-7-13-17(25-9-24-13)18(27)11-5-6-12(21)15(23)14(11)22/h5-6,9-10,16,18H,4,7-8H2,1-3H3,(H,24,25)(H,26,29)/t10-,16+,18+/m1/s1. The molecule has 30 heavy (non-hydrogen) atoms. The van der Waals surface area contributed by atoms with Crippen molar-refractivity contribution in [1.29, 1.82) is 0 Å². The van der Waals surface area contributed by atoms with Gasteiger partial charge in [-0.25, -0.2) is 27.7 Å². The molecule has 2 N–H and O–H groups in total. The van der Waals surface area contributed by atoms with Gasteiger partial charge in [0.05, 0.1) is 19.1 Å². The van der Waals surface area contributed by atoms with E-state index in [2.05, 4.69) is 15.3 Å². The summed E-state index contributed by atoms with van der Waals surface area (Å²) in [7, 11) is 1.22. The summed E-state index contributed by atoms with van der Waals surface area (Å²) in [5.41, 5.74) is 0.773. The van der Waals surface area contributed by atoms with E-state index in [9.17, 15) is 22.8 Å². The molecule has 7 nitrogen and oxygen atoms in total. The molecular weight excluding hydrogens is 401 g/mol. The molecule has 0 fully saturated rings. The molecular formula is C20H23F3N4O3. The Hall–Kier alpha value is -3.04. The molecule has 0 spiro atoms. The number of hydrogen-bond donors (Lipinski definition) is 2. The molecule has 0 saturated carbocycles. The number of H-pyrrole nitrogens is 1. The highest BCUT2D eigenvalue weighted by Gasteiger charge is 2.38. The number of aromatic nitrogens is 2. The van der Waals surface area contributed by atoms with Crippen LogP contribution in [0.15, 0.2) is 18.5 Å². The van der Waals surface area contributed by atoms with Gasteiger partial charge in [-0.1, -0.05) is 26.3 Å². The summed E-state index contributed by atoms with van der Waals surface area (Å²) in [5.74, 6) is -5.16. The van der Waals surface area contributed by atoms with Crippen LogP contribution < -0.4 is 5.32 Å². The Morgan fingerprint density at radius 2 is 2.07 bits per heavy atom. The Balaban J connectivity index is 2.00. The second-order valence-corrected chi connectivity index (χ2v) is 7.21. The molecule has 3 atom stereocenters. The summed E-state index contributed by atoms with van der Waals surface area (Å²) in [6.45, 7) is 3.80. The number of amides is 2. The van der Waals surface area contributed by atoms with E-state index in [1.165, 1.54) is 18.3 Å². The quantitative estimate of drug-likeness (QED) is 0.571. The van der Waals surface area contributed by atoms with E-state index in [0.717, 1.165) is 12.1 Å². The van der Waals surface area contributed by atoms with Crippen molar-refractivity contribution in [3.05, 3.63) is 52.9 Å². The SMILES string of the molecule is CC[C@@H](C)[C@H](NC(=O)N1CCc2[nH]cnc2[C@@H]1c1ccc(F)c(F)c1F)C(=O)OC. The van der Waals surface area contributed by atoms with Gasteiger partial charge in [0.2, 0.25) is 0 Å². The number of benzene rings is 1. The topological polar surface area (TPSA) is 87.3 Å². The van der Waals surface area contributed by atoms with Gasteiger partial charge in [-0.05, 0) is 12.0 Å². The number of rotatable bonds is 5. The van der Waals surface area contributed by atoms with Gasteiger partial charge < -0.3 is 19.9 Å². The first-order valence-corrected chi connectivity index (χ1v) is 9.60. The molecule has 2 amide bonds. The molecule has 3 rings (SSSR count). The number of carbonyl (C=O) groups is 2. The summed E-state index contributed by atoms with van der Waals surface area (Å²) in [4.78, 5) is 33.6. The smallest absolute Gasteiger partial charge is 0.328 e. The van der Waals surface area contributed by atoms with Crippen LogP contribution >= 0.6 is 0 Å². The first kappa shape index (κ1) is 21.7. The van der Waals surface area contributed by atoms with Gasteiger partial charge in [0, 0.05) is 24.2 Å². The molecule has 1 aliphatic heterocycles. The van der Waals surface area contributed by atoms with Crippen LogP contribution in [-0.2, 0) is 16.0 Å². The number of urea groups is 1. The lowest BCUT2D eigenvalue weighted by Gasteiger charge is -2.36. The number of nitrogens with zero attached hydrogens (tertiary/aromatic N) is 2. The van der Waals surface area contributed by atoms with E-state index in [-0.39, 0.29) is 18.0 Å². The predicted molar refractivity (Wildman–Crippen MR) is 101 cm³/mol. The number of imidazole rings is 1. The average Bonchev–Trinajstić information content (AvgIpc) is 3.23. The molecule has 10 heteroatoms. The van der Waals surface area contributed by atoms with Crippen LogP contribution in [0.2, 0.25) is 0 Å². The maximum Gasteiger partial charge on any atom is 0.328 e. The monoisotopic (exact) mass is 424 g/mol. The lowest BCUT2D eigenvalue weighted by Crippen LogP contribution is -2.53. The predicted octanol–water partition coefficient (Wildman–Crippen LogP) is 3.07. The van der Waals surface area contributed by atoms with Crippen LogP contribution in [0.1, 0.15) is 43.3 Å². The summed E-state index contributed by atoms with van der Waals surface area (Å²) >= 11 is 0. The maximum absolute atomic E-state index is 14.6. The van der Waals surface area contributed by atoms with E-state index >= 15 is 0 Å².